The summed E-state index contributed by atoms with van der Waals surface area (Å²) >= 11 is 0. The number of amides is 1. The highest BCUT2D eigenvalue weighted by Gasteiger charge is 2.14. The Hall–Kier alpha value is -2.41. The van der Waals surface area contributed by atoms with Crippen LogP contribution in [0.3, 0.4) is 0 Å². The van der Waals surface area contributed by atoms with Gasteiger partial charge in [-0.2, -0.15) is 0 Å². The van der Waals surface area contributed by atoms with E-state index < -0.39 is 6.04 Å². The summed E-state index contributed by atoms with van der Waals surface area (Å²) in [6.45, 7) is 0. The van der Waals surface area contributed by atoms with Gasteiger partial charge in [-0.25, -0.2) is 0 Å². The number of benzene rings is 2. The molecule has 0 aliphatic carbocycles. The third kappa shape index (κ3) is 4.28. The zero-order chi connectivity index (χ0) is 15.2. The first-order valence-corrected chi connectivity index (χ1v) is 6.43. The van der Waals surface area contributed by atoms with Crippen molar-refractivity contribution in [2.75, 3.05) is 10.5 Å². The van der Waals surface area contributed by atoms with E-state index in [4.69, 9.17) is 10.9 Å². The first-order chi connectivity index (χ1) is 10.1. The highest BCUT2D eigenvalue weighted by molar-refractivity contribution is 5.95. The van der Waals surface area contributed by atoms with Crippen molar-refractivity contribution >= 4 is 17.3 Å². The second kappa shape index (κ2) is 6.85. The topological polar surface area (TPSA) is 102 Å². The van der Waals surface area contributed by atoms with Crippen LogP contribution in [-0.2, 0) is 11.2 Å². The minimum Gasteiger partial charge on any atom is -0.733 e. The molecule has 110 valence electrons. The van der Waals surface area contributed by atoms with Gasteiger partial charge in [-0.05, 0) is 36.2 Å². The van der Waals surface area contributed by atoms with E-state index in [-0.39, 0.29) is 16.8 Å². The summed E-state index contributed by atoms with van der Waals surface area (Å²) in [6.07, 6.45) is 0.440. The maximum Gasteiger partial charge on any atom is 0.241 e. The molecule has 2 aromatic carbocycles. The van der Waals surface area contributed by atoms with Crippen molar-refractivity contribution in [1.82, 2.24) is 0 Å². The van der Waals surface area contributed by atoms with Gasteiger partial charge < -0.3 is 21.5 Å². The third-order valence-corrected chi connectivity index (χ3v) is 2.99. The fourth-order valence-corrected chi connectivity index (χ4v) is 1.87. The molecule has 21 heavy (non-hydrogen) atoms. The number of hydrogen-bond donors (Lipinski definition) is 3. The van der Waals surface area contributed by atoms with Crippen LogP contribution in [0.2, 0.25) is 0 Å². The molecule has 0 fully saturated rings. The molecule has 0 unspecified atom stereocenters. The Labute approximate surface area is 122 Å². The molecular formula is C15H16N3O3-. The van der Waals surface area contributed by atoms with Crippen LogP contribution in [0.25, 0.3) is 0 Å². The molecule has 0 bridgehead atoms. The van der Waals surface area contributed by atoms with Crippen LogP contribution >= 0.6 is 0 Å². The first-order valence-electron chi connectivity index (χ1n) is 6.43. The van der Waals surface area contributed by atoms with Crippen LogP contribution in [0.15, 0.2) is 54.6 Å². The van der Waals surface area contributed by atoms with E-state index in [9.17, 15) is 10.0 Å². The Bertz CT molecular complexity index is 585. The smallest absolute Gasteiger partial charge is 0.241 e. The van der Waals surface area contributed by atoms with E-state index >= 15 is 0 Å². The van der Waals surface area contributed by atoms with Gasteiger partial charge in [0, 0.05) is 5.69 Å². The Morgan fingerprint density at radius 3 is 2.38 bits per heavy atom. The van der Waals surface area contributed by atoms with E-state index in [1.807, 2.05) is 30.3 Å². The molecule has 0 aromatic heterocycles. The number of carbonyl (C=O) groups excluding carboxylic acids is 1. The Morgan fingerprint density at radius 1 is 1.19 bits per heavy atom. The first kappa shape index (κ1) is 15.0. The molecule has 0 radical (unpaired) electrons. The molecule has 6 heteroatoms. The SMILES string of the molecule is N[C@@H](Cc1ccccc1)C(=O)Nc1ccc(N([O-])O)cc1. The molecule has 0 aliphatic rings. The van der Waals surface area contributed by atoms with Crippen molar-refractivity contribution in [1.29, 1.82) is 0 Å². The van der Waals surface area contributed by atoms with Crippen LogP contribution in [0.1, 0.15) is 5.56 Å². The van der Waals surface area contributed by atoms with Crippen molar-refractivity contribution in [3.63, 3.8) is 0 Å². The van der Waals surface area contributed by atoms with Crippen LogP contribution in [-0.4, -0.2) is 17.2 Å². The summed E-state index contributed by atoms with van der Waals surface area (Å²) in [5.41, 5.74) is 7.44. The average molecular weight is 286 g/mol. The molecule has 1 amide bonds. The van der Waals surface area contributed by atoms with E-state index in [2.05, 4.69) is 5.32 Å². The number of carbonyl (C=O) groups is 1. The maximum atomic E-state index is 12.0. The van der Waals surface area contributed by atoms with E-state index in [1.165, 1.54) is 24.3 Å². The fraction of sp³-hybridized carbons (Fsp3) is 0.133. The average Bonchev–Trinajstić information content (AvgIpc) is 2.48. The summed E-state index contributed by atoms with van der Waals surface area (Å²) in [5.74, 6) is -0.311. The zero-order valence-corrected chi connectivity index (χ0v) is 11.3. The van der Waals surface area contributed by atoms with Crippen molar-refractivity contribution in [3.8, 4) is 0 Å². The van der Waals surface area contributed by atoms with Gasteiger partial charge in [-0.15, -0.1) is 0 Å². The Morgan fingerprint density at radius 2 is 1.81 bits per heavy atom. The van der Waals surface area contributed by atoms with Gasteiger partial charge in [0.05, 0.1) is 11.7 Å². The number of rotatable bonds is 5. The lowest BCUT2D eigenvalue weighted by atomic mass is 10.1. The standard InChI is InChI=1S/C15H16N3O3/c16-14(10-11-4-2-1-3-5-11)15(19)17-12-6-8-13(9-7-12)18(20)21/h1-9,14,20H,10,16H2,(H,17,19)/q-1/t14-/m0/s1. The van der Waals surface area contributed by atoms with Crippen LogP contribution in [0.4, 0.5) is 11.4 Å². The second-order valence-corrected chi connectivity index (χ2v) is 4.61. The minimum absolute atomic E-state index is 0.0848. The number of nitrogens with two attached hydrogens (primary N) is 1. The highest BCUT2D eigenvalue weighted by Crippen LogP contribution is 2.16. The molecular weight excluding hydrogens is 270 g/mol. The third-order valence-electron chi connectivity index (χ3n) is 2.99. The van der Waals surface area contributed by atoms with Gasteiger partial charge in [-0.3, -0.25) is 10.0 Å². The van der Waals surface area contributed by atoms with Crippen molar-refractivity contribution in [2.24, 2.45) is 5.73 Å². The lowest BCUT2D eigenvalue weighted by Crippen LogP contribution is -2.37. The number of anilines is 2. The Kier molecular flexibility index (Phi) is 4.89. The molecule has 0 heterocycles. The summed E-state index contributed by atoms with van der Waals surface area (Å²) in [4.78, 5) is 12.0. The maximum absolute atomic E-state index is 12.0. The molecule has 2 rings (SSSR count). The quantitative estimate of drug-likeness (QED) is 0.728. The predicted molar refractivity (Wildman–Crippen MR) is 80.8 cm³/mol. The Balaban J connectivity index is 1.94. The minimum atomic E-state index is -0.666. The molecule has 0 spiro atoms. The van der Waals surface area contributed by atoms with Gasteiger partial charge in [0.1, 0.15) is 0 Å². The molecule has 1 atom stereocenters. The van der Waals surface area contributed by atoms with E-state index in [1.54, 1.807) is 0 Å². The van der Waals surface area contributed by atoms with Crippen LogP contribution in [0.5, 0.6) is 0 Å². The number of hydrogen-bond acceptors (Lipinski definition) is 5. The lowest BCUT2D eigenvalue weighted by Gasteiger charge is -2.21. The summed E-state index contributed by atoms with van der Waals surface area (Å²) < 4.78 is 0. The van der Waals surface area contributed by atoms with Gasteiger partial charge >= 0.3 is 0 Å². The molecule has 6 nitrogen and oxygen atoms in total. The summed E-state index contributed by atoms with van der Waals surface area (Å²) in [7, 11) is 0. The largest absolute Gasteiger partial charge is 0.733 e. The van der Waals surface area contributed by atoms with Crippen molar-refractivity contribution in [2.45, 2.75) is 12.5 Å². The van der Waals surface area contributed by atoms with Crippen molar-refractivity contribution in [3.05, 3.63) is 65.4 Å². The monoisotopic (exact) mass is 286 g/mol. The normalized spacial score (nSPS) is 11.8. The highest BCUT2D eigenvalue weighted by atomic mass is 16.8. The van der Waals surface area contributed by atoms with Gasteiger partial charge in [-0.1, -0.05) is 30.3 Å². The summed E-state index contributed by atoms with van der Waals surface area (Å²) in [6, 6.07) is 14.7. The molecule has 2 aromatic rings. The van der Waals surface area contributed by atoms with Crippen LogP contribution < -0.4 is 16.3 Å². The molecule has 4 N–H and O–H groups in total. The zero-order valence-electron chi connectivity index (χ0n) is 11.3. The number of nitrogens with one attached hydrogen (secondary N) is 1. The van der Waals surface area contributed by atoms with Crippen LogP contribution in [0, 0.1) is 5.21 Å². The number of nitrogens with zero attached hydrogens (tertiary/aromatic N) is 1. The van der Waals surface area contributed by atoms with E-state index in [0.717, 1.165) is 5.56 Å². The van der Waals surface area contributed by atoms with Crippen molar-refractivity contribution < 1.29 is 10.0 Å². The molecule has 0 saturated carbocycles. The van der Waals surface area contributed by atoms with E-state index in [0.29, 0.717) is 12.1 Å². The van der Waals surface area contributed by atoms with Gasteiger partial charge in [0.15, 0.2) is 0 Å². The lowest BCUT2D eigenvalue weighted by molar-refractivity contribution is -0.117. The molecule has 0 saturated heterocycles. The second-order valence-electron chi connectivity index (χ2n) is 4.61. The fourth-order valence-electron chi connectivity index (χ4n) is 1.87. The van der Waals surface area contributed by atoms with Gasteiger partial charge in [0.2, 0.25) is 5.91 Å². The predicted octanol–water partition coefficient (Wildman–Crippen LogP) is 1.89. The van der Waals surface area contributed by atoms with Gasteiger partial charge in [0.25, 0.3) is 0 Å². The molecule has 0 aliphatic heterocycles. The summed E-state index contributed by atoms with van der Waals surface area (Å²) in [5, 5.41) is 21.8.